The highest BCUT2D eigenvalue weighted by Crippen LogP contribution is 2.65. The second kappa shape index (κ2) is 7.06. The molecular formula is C26H27NO6. The summed E-state index contributed by atoms with van der Waals surface area (Å²) in [5.41, 5.74) is 0.757. The van der Waals surface area contributed by atoms with Gasteiger partial charge in [-0.05, 0) is 49.7 Å². The Bertz CT molecular complexity index is 1160. The van der Waals surface area contributed by atoms with Crippen LogP contribution < -0.4 is 9.47 Å². The van der Waals surface area contributed by atoms with Crippen molar-refractivity contribution < 1.29 is 29.2 Å². The van der Waals surface area contributed by atoms with Crippen molar-refractivity contribution in [1.82, 2.24) is 4.90 Å². The third kappa shape index (κ3) is 2.58. The lowest BCUT2D eigenvalue weighted by Crippen LogP contribution is -2.74. The number of methoxy groups -OCH3 is 1. The predicted octanol–water partition coefficient (Wildman–Crippen LogP) is 2.25. The van der Waals surface area contributed by atoms with Crippen molar-refractivity contribution in [3.05, 3.63) is 71.0 Å². The molecule has 7 nitrogen and oxygen atoms in total. The fourth-order valence-electron chi connectivity index (χ4n) is 6.53. The highest BCUT2D eigenvalue weighted by molar-refractivity contribution is 5.77. The average molecular weight is 450 g/mol. The maximum Gasteiger partial charge on any atom is 0.344 e. The number of hydrogen-bond acceptors (Lipinski definition) is 7. The van der Waals surface area contributed by atoms with Crippen LogP contribution in [0, 0.1) is 0 Å². The number of carbonyl (C=O) groups is 1. The minimum Gasteiger partial charge on any atom is -0.493 e. The van der Waals surface area contributed by atoms with E-state index in [2.05, 4.69) is 11.0 Å². The van der Waals surface area contributed by atoms with Crippen LogP contribution in [0.1, 0.15) is 35.6 Å². The smallest absolute Gasteiger partial charge is 0.344 e. The molecule has 0 aromatic heterocycles. The van der Waals surface area contributed by atoms with Gasteiger partial charge in [-0.3, -0.25) is 0 Å². The molecule has 2 aromatic carbocycles. The summed E-state index contributed by atoms with van der Waals surface area (Å²) < 4.78 is 17.8. The van der Waals surface area contributed by atoms with Gasteiger partial charge in [0.25, 0.3) is 0 Å². The van der Waals surface area contributed by atoms with E-state index in [1.54, 1.807) is 37.5 Å². The first-order chi connectivity index (χ1) is 15.9. The summed E-state index contributed by atoms with van der Waals surface area (Å²) in [6, 6.07) is 12.6. The Morgan fingerprint density at radius 2 is 2.03 bits per heavy atom. The Morgan fingerprint density at radius 1 is 1.24 bits per heavy atom. The number of benzene rings is 2. The Labute approximate surface area is 192 Å². The van der Waals surface area contributed by atoms with Crippen molar-refractivity contribution in [2.24, 2.45) is 0 Å². The van der Waals surface area contributed by atoms with Crippen LogP contribution in [-0.2, 0) is 21.4 Å². The maximum atomic E-state index is 12.9. The summed E-state index contributed by atoms with van der Waals surface area (Å²) in [7, 11) is 3.64. The molecule has 0 saturated carbocycles. The summed E-state index contributed by atoms with van der Waals surface area (Å²) >= 11 is 0. The van der Waals surface area contributed by atoms with Gasteiger partial charge in [-0.15, -0.1) is 0 Å². The van der Waals surface area contributed by atoms with Gasteiger partial charge in [0.05, 0.1) is 18.1 Å². The van der Waals surface area contributed by atoms with Crippen molar-refractivity contribution >= 4 is 5.97 Å². The molecule has 172 valence electrons. The van der Waals surface area contributed by atoms with Crippen LogP contribution in [0.15, 0.2) is 54.3 Å². The molecule has 1 spiro atoms. The first-order valence-electron chi connectivity index (χ1n) is 11.3. The monoisotopic (exact) mass is 449 g/mol. The molecule has 33 heavy (non-hydrogen) atoms. The van der Waals surface area contributed by atoms with E-state index in [0.29, 0.717) is 42.1 Å². The van der Waals surface area contributed by atoms with E-state index in [9.17, 15) is 15.0 Å². The SMILES string of the molecule is COc1ccc2c3c1OC1C(OC(=O)C(O)c4ccccc4)=CCC4(O)C(C2)N(C)CCC314. The topological polar surface area (TPSA) is 88.5 Å². The molecule has 5 unspecified atom stereocenters. The Hall–Kier alpha value is -2.87. The second-order valence-electron chi connectivity index (χ2n) is 9.52. The highest BCUT2D eigenvalue weighted by atomic mass is 16.6. The van der Waals surface area contributed by atoms with E-state index in [1.807, 2.05) is 19.2 Å². The lowest BCUT2D eigenvalue weighted by atomic mass is 9.50. The van der Waals surface area contributed by atoms with E-state index in [0.717, 1.165) is 17.7 Å². The zero-order valence-electron chi connectivity index (χ0n) is 18.7. The normalized spacial score (nSPS) is 32.3. The van der Waals surface area contributed by atoms with Gasteiger partial charge < -0.3 is 29.3 Å². The quantitative estimate of drug-likeness (QED) is 0.692. The number of aliphatic hydroxyl groups is 2. The first kappa shape index (κ1) is 20.7. The van der Waals surface area contributed by atoms with Crippen LogP contribution >= 0.6 is 0 Å². The summed E-state index contributed by atoms with van der Waals surface area (Å²) in [4.78, 5) is 15.1. The van der Waals surface area contributed by atoms with Crippen LogP contribution in [-0.4, -0.2) is 59.5 Å². The van der Waals surface area contributed by atoms with Gasteiger partial charge in [0.1, 0.15) is 5.76 Å². The third-order valence-electron chi connectivity index (χ3n) is 8.11. The number of piperidine rings is 1. The second-order valence-corrected chi connectivity index (χ2v) is 9.52. The largest absolute Gasteiger partial charge is 0.493 e. The first-order valence-corrected chi connectivity index (χ1v) is 11.3. The van der Waals surface area contributed by atoms with E-state index in [-0.39, 0.29) is 6.04 Å². The van der Waals surface area contributed by atoms with Crippen LogP contribution in [0.5, 0.6) is 11.5 Å². The molecular weight excluding hydrogens is 422 g/mol. The van der Waals surface area contributed by atoms with E-state index < -0.39 is 29.2 Å². The number of rotatable bonds is 4. The van der Waals surface area contributed by atoms with Gasteiger partial charge in [-0.2, -0.15) is 0 Å². The molecule has 2 bridgehead atoms. The van der Waals surface area contributed by atoms with Gasteiger partial charge >= 0.3 is 5.97 Å². The minimum atomic E-state index is -1.41. The summed E-state index contributed by atoms with van der Waals surface area (Å²) in [5, 5.41) is 22.8. The lowest BCUT2D eigenvalue weighted by Gasteiger charge is -2.61. The number of likely N-dealkylation sites (tertiary alicyclic amines) is 1. The van der Waals surface area contributed by atoms with Crippen LogP contribution in [0.3, 0.4) is 0 Å². The molecule has 2 aromatic rings. The van der Waals surface area contributed by atoms with Gasteiger partial charge in [-0.25, -0.2) is 4.79 Å². The van der Waals surface area contributed by atoms with Crippen molar-refractivity contribution in [2.45, 2.75) is 48.5 Å². The molecule has 0 radical (unpaired) electrons. The standard InChI is InChI=1S/C26H27NO6/c1-27-13-12-25-20-16-8-9-17(31-2)22(20)33-23(25)18(10-11-26(25,30)19(27)14-16)32-24(29)21(28)15-6-4-3-5-7-15/h3-10,19,21,23,28,30H,11-14H2,1-2H3. The third-order valence-corrected chi connectivity index (χ3v) is 8.11. The Balaban J connectivity index is 1.44. The number of esters is 1. The van der Waals surface area contributed by atoms with Crippen LogP contribution in [0.25, 0.3) is 0 Å². The minimum absolute atomic E-state index is 0.0763. The van der Waals surface area contributed by atoms with Crippen LogP contribution in [0.4, 0.5) is 0 Å². The van der Waals surface area contributed by atoms with E-state index >= 15 is 0 Å². The number of aliphatic hydroxyl groups excluding tert-OH is 1. The molecule has 0 amide bonds. The summed E-state index contributed by atoms with van der Waals surface area (Å²) in [6.07, 6.45) is 1.38. The number of hydrogen-bond donors (Lipinski definition) is 2. The summed E-state index contributed by atoms with van der Waals surface area (Å²) in [6.45, 7) is 0.788. The van der Waals surface area contributed by atoms with E-state index in [4.69, 9.17) is 14.2 Å². The van der Waals surface area contributed by atoms with Crippen LogP contribution in [0.2, 0.25) is 0 Å². The predicted molar refractivity (Wildman–Crippen MR) is 119 cm³/mol. The molecule has 1 saturated heterocycles. The fraction of sp³-hybridized carbons (Fsp3) is 0.423. The molecule has 2 aliphatic heterocycles. The highest BCUT2D eigenvalue weighted by Gasteiger charge is 2.72. The zero-order valence-corrected chi connectivity index (χ0v) is 18.7. The molecule has 2 N–H and O–H groups in total. The Kier molecular flexibility index (Phi) is 4.43. The van der Waals surface area contributed by atoms with E-state index in [1.165, 1.54) is 0 Å². The van der Waals surface area contributed by atoms with Gasteiger partial charge in [0, 0.05) is 18.0 Å². The summed E-state index contributed by atoms with van der Waals surface area (Å²) in [5.74, 6) is 0.802. The average Bonchev–Trinajstić information content (AvgIpc) is 3.19. The van der Waals surface area contributed by atoms with Gasteiger partial charge in [-0.1, -0.05) is 36.4 Å². The van der Waals surface area contributed by atoms with Gasteiger partial charge in [0.15, 0.2) is 23.7 Å². The lowest BCUT2D eigenvalue weighted by molar-refractivity contribution is -0.172. The number of carbonyl (C=O) groups excluding carboxylic acids is 1. The molecule has 5 atom stereocenters. The molecule has 1 fully saturated rings. The number of nitrogens with zero attached hydrogens (tertiary/aromatic N) is 1. The Morgan fingerprint density at radius 3 is 2.79 bits per heavy atom. The molecule has 7 heteroatoms. The van der Waals surface area contributed by atoms with Crippen molar-refractivity contribution in [3.8, 4) is 11.5 Å². The van der Waals surface area contributed by atoms with Crippen molar-refractivity contribution in [1.29, 1.82) is 0 Å². The van der Waals surface area contributed by atoms with Crippen molar-refractivity contribution in [3.63, 3.8) is 0 Å². The number of ether oxygens (including phenoxy) is 3. The van der Waals surface area contributed by atoms with Gasteiger partial charge in [0.2, 0.25) is 0 Å². The molecule has 2 aliphatic carbocycles. The maximum absolute atomic E-state index is 12.9. The molecule has 2 heterocycles. The van der Waals surface area contributed by atoms with Crippen molar-refractivity contribution in [2.75, 3.05) is 20.7 Å². The number of likely N-dealkylation sites (N-methyl/N-ethyl adjacent to an activating group) is 1. The molecule has 4 aliphatic rings. The fourth-order valence-corrected chi connectivity index (χ4v) is 6.53. The molecule has 6 rings (SSSR count). The zero-order chi connectivity index (χ0) is 23.0.